The zero-order valence-corrected chi connectivity index (χ0v) is 11.2. The van der Waals surface area contributed by atoms with Gasteiger partial charge in [0, 0.05) is 5.39 Å². The summed E-state index contributed by atoms with van der Waals surface area (Å²) in [6.07, 6.45) is 0. The van der Waals surface area contributed by atoms with E-state index in [4.69, 9.17) is 0 Å². The molecule has 0 N–H and O–H groups in total. The average molecular weight is 236 g/mol. The molecule has 1 aromatic heterocycles. The van der Waals surface area contributed by atoms with Gasteiger partial charge < -0.3 is 0 Å². The fourth-order valence-electron chi connectivity index (χ4n) is 2.54. The minimum absolute atomic E-state index is 0.985. The summed E-state index contributed by atoms with van der Waals surface area (Å²) in [7, 11) is 0. The first kappa shape index (κ1) is 11.1. The topological polar surface area (TPSA) is 25.8 Å². The van der Waals surface area contributed by atoms with Crippen LogP contribution in [0.2, 0.25) is 0 Å². The maximum absolute atomic E-state index is 4.31. The minimum Gasteiger partial charge on any atom is -0.155 e. The third-order valence-electron chi connectivity index (χ3n) is 3.92. The molecule has 3 aromatic rings. The van der Waals surface area contributed by atoms with Crippen LogP contribution in [0.25, 0.3) is 21.7 Å². The Kier molecular flexibility index (Phi) is 2.34. The molecule has 2 heteroatoms. The second-order valence-electron chi connectivity index (χ2n) is 4.98. The van der Waals surface area contributed by atoms with E-state index < -0.39 is 0 Å². The van der Waals surface area contributed by atoms with E-state index >= 15 is 0 Å². The van der Waals surface area contributed by atoms with Crippen molar-refractivity contribution in [2.75, 3.05) is 0 Å². The summed E-state index contributed by atoms with van der Waals surface area (Å²) in [5.41, 5.74) is 5.90. The van der Waals surface area contributed by atoms with Gasteiger partial charge in [-0.2, -0.15) is 10.2 Å². The molecule has 0 fully saturated rings. The van der Waals surface area contributed by atoms with Gasteiger partial charge >= 0.3 is 0 Å². The maximum atomic E-state index is 4.31. The van der Waals surface area contributed by atoms with Crippen LogP contribution in [0.1, 0.15) is 22.4 Å². The lowest BCUT2D eigenvalue weighted by atomic mass is 9.95. The Balaban J connectivity index is 2.67. The first-order chi connectivity index (χ1) is 8.59. The summed E-state index contributed by atoms with van der Waals surface area (Å²) < 4.78 is 0. The zero-order valence-electron chi connectivity index (χ0n) is 11.2. The van der Waals surface area contributed by atoms with E-state index in [1.807, 2.05) is 6.92 Å². The van der Waals surface area contributed by atoms with Gasteiger partial charge in [-0.3, -0.25) is 0 Å². The van der Waals surface area contributed by atoms with Crippen molar-refractivity contribution in [2.24, 2.45) is 0 Å². The molecule has 18 heavy (non-hydrogen) atoms. The van der Waals surface area contributed by atoms with Gasteiger partial charge in [0.25, 0.3) is 0 Å². The highest BCUT2D eigenvalue weighted by Crippen LogP contribution is 2.31. The van der Waals surface area contributed by atoms with Gasteiger partial charge in [-0.1, -0.05) is 18.2 Å². The molecular formula is C16H16N2. The van der Waals surface area contributed by atoms with Gasteiger partial charge in [0.15, 0.2) is 0 Å². The fraction of sp³-hybridized carbons (Fsp3) is 0.250. The van der Waals surface area contributed by atoms with Crippen molar-refractivity contribution in [1.29, 1.82) is 0 Å². The lowest BCUT2D eigenvalue weighted by Gasteiger charge is -2.11. The molecule has 0 aliphatic carbocycles. The molecule has 0 aliphatic rings. The quantitative estimate of drug-likeness (QED) is 0.551. The third kappa shape index (κ3) is 1.42. The normalized spacial score (nSPS) is 11.3. The summed E-state index contributed by atoms with van der Waals surface area (Å²) in [5, 5.41) is 12.4. The van der Waals surface area contributed by atoms with E-state index in [1.54, 1.807) is 0 Å². The Labute approximate surface area is 107 Å². The van der Waals surface area contributed by atoms with Crippen molar-refractivity contribution in [2.45, 2.75) is 27.7 Å². The molecule has 0 saturated carbocycles. The molecule has 2 aromatic carbocycles. The highest BCUT2D eigenvalue weighted by atomic mass is 15.1. The lowest BCUT2D eigenvalue weighted by Crippen LogP contribution is -1.95. The highest BCUT2D eigenvalue weighted by Gasteiger charge is 2.10. The van der Waals surface area contributed by atoms with Crippen molar-refractivity contribution in [3.8, 4) is 0 Å². The minimum atomic E-state index is 0.985. The Hall–Kier alpha value is -1.96. The number of nitrogens with zero attached hydrogens (tertiary/aromatic N) is 2. The predicted molar refractivity (Wildman–Crippen MR) is 76.0 cm³/mol. The first-order valence-electron chi connectivity index (χ1n) is 6.22. The number of hydrogen-bond donors (Lipinski definition) is 0. The van der Waals surface area contributed by atoms with Crippen molar-refractivity contribution in [1.82, 2.24) is 10.2 Å². The van der Waals surface area contributed by atoms with Crippen molar-refractivity contribution in [3.63, 3.8) is 0 Å². The van der Waals surface area contributed by atoms with Gasteiger partial charge in [0.05, 0.1) is 11.2 Å². The number of hydrogen-bond acceptors (Lipinski definition) is 2. The first-order valence-corrected chi connectivity index (χ1v) is 6.22. The third-order valence-corrected chi connectivity index (χ3v) is 3.92. The van der Waals surface area contributed by atoms with Crippen LogP contribution in [0.5, 0.6) is 0 Å². The maximum Gasteiger partial charge on any atom is 0.0939 e. The molecule has 3 rings (SSSR count). The Bertz CT molecular complexity index is 706. The smallest absolute Gasteiger partial charge is 0.0939 e. The number of aryl methyl sites for hydroxylation is 4. The SMILES string of the molecule is Cc1ccc2ccc3nnc(C)c(C)c3c2c1C. The molecule has 0 amide bonds. The van der Waals surface area contributed by atoms with Crippen LogP contribution in [0, 0.1) is 27.7 Å². The van der Waals surface area contributed by atoms with Crippen molar-refractivity contribution in [3.05, 3.63) is 46.6 Å². The fourth-order valence-corrected chi connectivity index (χ4v) is 2.54. The summed E-state index contributed by atoms with van der Waals surface area (Å²) in [6.45, 7) is 8.50. The van der Waals surface area contributed by atoms with Crippen molar-refractivity contribution >= 4 is 21.7 Å². The second kappa shape index (κ2) is 3.77. The van der Waals surface area contributed by atoms with Crippen LogP contribution in [0.15, 0.2) is 24.3 Å². The van der Waals surface area contributed by atoms with E-state index in [0.717, 1.165) is 11.2 Å². The number of fused-ring (bicyclic) bond motifs is 3. The number of benzene rings is 2. The molecule has 2 nitrogen and oxygen atoms in total. The number of rotatable bonds is 0. The standard InChI is InChI=1S/C16H16N2/c1-9-5-6-13-7-8-14-16(15(13)10(9)2)11(3)12(4)17-18-14/h5-8H,1-4H3. The van der Waals surface area contributed by atoms with Crippen molar-refractivity contribution < 1.29 is 0 Å². The average Bonchev–Trinajstić information content (AvgIpc) is 2.38. The second-order valence-corrected chi connectivity index (χ2v) is 4.98. The number of aromatic nitrogens is 2. The van der Waals surface area contributed by atoms with Gasteiger partial charge in [-0.25, -0.2) is 0 Å². The van der Waals surface area contributed by atoms with E-state index in [2.05, 4.69) is 55.2 Å². The lowest BCUT2D eigenvalue weighted by molar-refractivity contribution is 1.00. The van der Waals surface area contributed by atoms with Gasteiger partial charge in [0.2, 0.25) is 0 Å². The largest absolute Gasteiger partial charge is 0.155 e. The molecule has 0 bridgehead atoms. The van der Waals surface area contributed by atoms with Crippen LogP contribution in [0.4, 0.5) is 0 Å². The van der Waals surface area contributed by atoms with Crippen LogP contribution in [-0.4, -0.2) is 10.2 Å². The molecule has 0 unspecified atom stereocenters. The van der Waals surface area contributed by atoms with E-state index in [-0.39, 0.29) is 0 Å². The van der Waals surface area contributed by atoms with E-state index in [9.17, 15) is 0 Å². The highest BCUT2D eigenvalue weighted by molar-refractivity contribution is 6.09. The van der Waals surface area contributed by atoms with Gasteiger partial charge in [-0.05, 0) is 61.2 Å². The van der Waals surface area contributed by atoms with Crippen LogP contribution in [0.3, 0.4) is 0 Å². The Morgan fingerprint density at radius 2 is 1.44 bits per heavy atom. The molecule has 1 heterocycles. The van der Waals surface area contributed by atoms with E-state index in [0.29, 0.717) is 0 Å². The molecule has 0 radical (unpaired) electrons. The van der Waals surface area contributed by atoms with Gasteiger partial charge in [0.1, 0.15) is 0 Å². The monoisotopic (exact) mass is 236 g/mol. The van der Waals surface area contributed by atoms with Crippen LogP contribution in [-0.2, 0) is 0 Å². The summed E-state index contributed by atoms with van der Waals surface area (Å²) in [4.78, 5) is 0. The molecule has 0 aliphatic heterocycles. The zero-order chi connectivity index (χ0) is 12.9. The molecule has 0 spiro atoms. The molecular weight excluding hydrogens is 220 g/mol. The molecule has 0 saturated heterocycles. The predicted octanol–water partition coefficient (Wildman–Crippen LogP) is 4.02. The Morgan fingerprint density at radius 1 is 0.722 bits per heavy atom. The van der Waals surface area contributed by atoms with E-state index in [1.165, 1.54) is 32.8 Å². The van der Waals surface area contributed by atoms with Crippen LogP contribution < -0.4 is 0 Å². The molecule has 90 valence electrons. The van der Waals surface area contributed by atoms with Gasteiger partial charge in [-0.15, -0.1) is 0 Å². The summed E-state index contributed by atoms with van der Waals surface area (Å²) in [6, 6.07) is 8.56. The molecule has 0 atom stereocenters. The summed E-state index contributed by atoms with van der Waals surface area (Å²) in [5.74, 6) is 0. The Morgan fingerprint density at radius 3 is 2.22 bits per heavy atom. The summed E-state index contributed by atoms with van der Waals surface area (Å²) >= 11 is 0. The van der Waals surface area contributed by atoms with Crippen LogP contribution >= 0.6 is 0 Å².